The first-order valence-electron chi connectivity index (χ1n) is 5.07. The van der Waals surface area contributed by atoms with Crippen molar-refractivity contribution < 1.29 is 9.90 Å². The summed E-state index contributed by atoms with van der Waals surface area (Å²) in [6.07, 6.45) is 5.54. The molecule has 4 heteroatoms. The van der Waals surface area contributed by atoms with Crippen molar-refractivity contribution in [1.82, 2.24) is 4.98 Å². The summed E-state index contributed by atoms with van der Waals surface area (Å²) in [5.41, 5.74) is 6.88. The van der Waals surface area contributed by atoms with E-state index in [0.29, 0.717) is 17.5 Å². The second-order valence-electron chi connectivity index (χ2n) is 3.59. The highest BCUT2D eigenvalue weighted by molar-refractivity contribution is 5.89. The normalized spacial score (nSPS) is 12.4. The predicted octanol–water partition coefficient (Wildman–Crippen LogP) is 1.45. The largest absolute Gasteiger partial charge is 0.478 e. The molecule has 0 amide bonds. The Morgan fingerprint density at radius 1 is 1.67 bits per heavy atom. The molecule has 0 radical (unpaired) electrons. The fraction of sp³-hybridized carbons (Fsp3) is 0.455. The molecule has 1 aromatic rings. The number of rotatable bonds is 5. The van der Waals surface area contributed by atoms with E-state index in [2.05, 4.69) is 11.9 Å². The minimum Gasteiger partial charge on any atom is -0.478 e. The summed E-state index contributed by atoms with van der Waals surface area (Å²) in [5.74, 6) is -0.920. The monoisotopic (exact) mass is 208 g/mol. The Hall–Kier alpha value is -1.42. The summed E-state index contributed by atoms with van der Waals surface area (Å²) in [6.45, 7) is 2.06. The summed E-state index contributed by atoms with van der Waals surface area (Å²) in [5, 5.41) is 8.94. The average Bonchev–Trinajstić information content (AvgIpc) is 2.18. The van der Waals surface area contributed by atoms with Crippen LogP contribution in [0, 0.1) is 0 Å². The Kier molecular flexibility index (Phi) is 4.24. The van der Waals surface area contributed by atoms with Crippen LogP contribution in [0.1, 0.15) is 35.7 Å². The number of aromatic nitrogens is 1. The van der Waals surface area contributed by atoms with Crippen molar-refractivity contribution in [3.8, 4) is 0 Å². The summed E-state index contributed by atoms with van der Waals surface area (Å²) in [7, 11) is 0. The summed E-state index contributed by atoms with van der Waals surface area (Å²) >= 11 is 0. The van der Waals surface area contributed by atoms with E-state index in [-0.39, 0.29) is 6.04 Å². The van der Waals surface area contributed by atoms with Crippen LogP contribution in [0.15, 0.2) is 18.5 Å². The molecule has 0 aromatic carbocycles. The van der Waals surface area contributed by atoms with Crippen molar-refractivity contribution in [2.24, 2.45) is 5.73 Å². The van der Waals surface area contributed by atoms with Gasteiger partial charge in [-0.1, -0.05) is 13.3 Å². The molecule has 0 fully saturated rings. The molecule has 0 spiro atoms. The molecule has 0 aliphatic heterocycles. The van der Waals surface area contributed by atoms with Gasteiger partial charge in [-0.3, -0.25) is 4.98 Å². The van der Waals surface area contributed by atoms with Crippen LogP contribution in [0.25, 0.3) is 0 Å². The zero-order chi connectivity index (χ0) is 11.3. The first kappa shape index (κ1) is 11.7. The standard InChI is InChI=1S/C11H16N2O2/c1-2-3-9(12)6-8-7-13-5-4-10(8)11(14)15/h4-5,7,9H,2-3,6,12H2,1H3,(H,14,15). The van der Waals surface area contributed by atoms with Crippen molar-refractivity contribution in [3.05, 3.63) is 29.6 Å². The number of hydrogen-bond donors (Lipinski definition) is 2. The number of aromatic carboxylic acids is 1. The molecule has 82 valence electrons. The highest BCUT2D eigenvalue weighted by atomic mass is 16.4. The summed E-state index contributed by atoms with van der Waals surface area (Å²) < 4.78 is 0. The van der Waals surface area contributed by atoms with Gasteiger partial charge in [0.05, 0.1) is 5.56 Å². The number of carboxylic acid groups (broad SMARTS) is 1. The topological polar surface area (TPSA) is 76.2 Å². The third kappa shape index (κ3) is 3.32. The van der Waals surface area contributed by atoms with Crippen LogP contribution in [0.2, 0.25) is 0 Å². The van der Waals surface area contributed by atoms with Crippen LogP contribution in [0.5, 0.6) is 0 Å². The molecular formula is C11H16N2O2. The smallest absolute Gasteiger partial charge is 0.336 e. The molecule has 0 aliphatic rings. The van der Waals surface area contributed by atoms with Gasteiger partial charge in [0.15, 0.2) is 0 Å². The molecule has 0 saturated carbocycles. The van der Waals surface area contributed by atoms with Crippen molar-refractivity contribution in [2.75, 3.05) is 0 Å². The Morgan fingerprint density at radius 3 is 3.00 bits per heavy atom. The maximum absolute atomic E-state index is 10.9. The first-order chi connectivity index (χ1) is 7.15. The second-order valence-corrected chi connectivity index (χ2v) is 3.59. The first-order valence-corrected chi connectivity index (χ1v) is 5.07. The van der Waals surface area contributed by atoms with Crippen molar-refractivity contribution in [3.63, 3.8) is 0 Å². The number of carboxylic acids is 1. The molecule has 4 nitrogen and oxygen atoms in total. The molecule has 0 aliphatic carbocycles. The van der Waals surface area contributed by atoms with E-state index >= 15 is 0 Å². The number of carbonyl (C=O) groups is 1. The summed E-state index contributed by atoms with van der Waals surface area (Å²) in [4.78, 5) is 14.8. The Balaban J connectivity index is 2.79. The third-order valence-corrected chi connectivity index (χ3v) is 2.28. The van der Waals surface area contributed by atoms with Gasteiger partial charge in [0.1, 0.15) is 0 Å². The van der Waals surface area contributed by atoms with Gasteiger partial charge in [0.2, 0.25) is 0 Å². The average molecular weight is 208 g/mol. The molecule has 1 atom stereocenters. The molecule has 1 rings (SSSR count). The van der Waals surface area contributed by atoms with E-state index in [1.807, 2.05) is 0 Å². The summed E-state index contributed by atoms with van der Waals surface area (Å²) in [6, 6.07) is 1.52. The highest BCUT2D eigenvalue weighted by Gasteiger charge is 2.12. The molecule has 15 heavy (non-hydrogen) atoms. The van der Waals surface area contributed by atoms with Gasteiger partial charge < -0.3 is 10.8 Å². The van der Waals surface area contributed by atoms with Crippen molar-refractivity contribution in [2.45, 2.75) is 32.2 Å². The van der Waals surface area contributed by atoms with E-state index < -0.39 is 5.97 Å². The Morgan fingerprint density at radius 2 is 2.40 bits per heavy atom. The third-order valence-electron chi connectivity index (χ3n) is 2.28. The lowest BCUT2D eigenvalue weighted by atomic mass is 10.0. The number of pyridine rings is 1. The fourth-order valence-corrected chi connectivity index (χ4v) is 1.55. The lowest BCUT2D eigenvalue weighted by Gasteiger charge is -2.11. The van der Waals surface area contributed by atoms with Crippen molar-refractivity contribution >= 4 is 5.97 Å². The van der Waals surface area contributed by atoms with Gasteiger partial charge in [0, 0.05) is 18.4 Å². The van der Waals surface area contributed by atoms with Gasteiger partial charge >= 0.3 is 5.97 Å². The molecule has 3 N–H and O–H groups in total. The van der Waals surface area contributed by atoms with Gasteiger partial charge in [0.25, 0.3) is 0 Å². The van der Waals surface area contributed by atoms with Gasteiger partial charge in [-0.15, -0.1) is 0 Å². The predicted molar refractivity (Wildman–Crippen MR) is 57.8 cm³/mol. The molecule has 0 saturated heterocycles. The maximum atomic E-state index is 10.9. The maximum Gasteiger partial charge on any atom is 0.336 e. The van der Waals surface area contributed by atoms with Crippen LogP contribution >= 0.6 is 0 Å². The molecular weight excluding hydrogens is 192 g/mol. The molecule has 1 aromatic heterocycles. The van der Waals surface area contributed by atoms with E-state index in [1.165, 1.54) is 12.3 Å². The van der Waals surface area contributed by atoms with Crippen LogP contribution in [0.4, 0.5) is 0 Å². The Labute approximate surface area is 89.1 Å². The zero-order valence-corrected chi connectivity index (χ0v) is 8.81. The number of nitrogens with zero attached hydrogens (tertiary/aromatic N) is 1. The Bertz CT molecular complexity index is 339. The van der Waals surface area contributed by atoms with Crippen LogP contribution in [0.3, 0.4) is 0 Å². The van der Waals surface area contributed by atoms with E-state index in [1.54, 1.807) is 6.20 Å². The SMILES string of the molecule is CCCC(N)Cc1cnccc1C(=O)O. The highest BCUT2D eigenvalue weighted by Crippen LogP contribution is 2.10. The van der Waals surface area contributed by atoms with Gasteiger partial charge in [-0.25, -0.2) is 4.79 Å². The van der Waals surface area contributed by atoms with Crippen molar-refractivity contribution in [1.29, 1.82) is 0 Å². The lowest BCUT2D eigenvalue weighted by Crippen LogP contribution is -2.23. The van der Waals surface area contributed by atoms with Crippen LogP contribution in [-0.4, -0.2) is 22.1 Å². The van der Waals surface area contributed by atoms with Crippen LogP contribution in [-0.2, 0) is 6.42 Å². The second kappa shape index (κ2) is 5.46. The minimum absolute atomic E-state index is 0.0114. The van der Waals surface area contributed by atoms with E-state index in [0.717, 1.165) is 12.8 Å². The molecule has 1 unspecified atom stereocenters. The zero-order valence-electron chi connectivity index (χ0n) is 8.81. The number of nitrogens with two attached hydrogens (primary N) is 1. The van der Waals surface area contributed by atoms with Gasteiger partial charge in [-0.05, 0) is 24.5 Å². The van der Waals surface area contributed by atoms with Crippen LogP contribution < -0.4 is 5.73 Å². The molecule has 1 heterocycles. The van der Waals surface area contributed by atoms with Gasteiger partial charge in [-0.2, -0.15) is 0 Å². The minimum atomic E-state index is -0.920. The fourth-order valence-electron chi connectivity index (χ4n) is 1.55. The van der Waals surface area contributed by atoms with E-state index in [9.17, 15) is 4.79 Å². The van der Waals surface area contributed by atoms with E-state index in [4.69, 9.17) is 10.8 Å². The quantitative estimate of drug-likeness (QED) is 0.767. The molecule has 0 bridgehead atoms. The number of hydrogen-bond acceptors (Lipinski definition) is 3. The lowest BCUT2D eigenvalue weighted by molar-refractivity contribution is 0.0695.